The van der Waals surface area contributed by atoms with Crippen LogP contribution in [0.2, 0.25) is 0 Å². The minimum absolute atomic E-state index is 0.112. The Morgan fingerprint density at radius 3 is 1.33 bits per heavy atom. The van der Waals surface area contributed by atoms with Crippen LogP contribution >= 0.6 is 0 Å². The van der Waals surface area contributed by atoms with Gasteiger partial charge >= 0.3 is 0 Å². The summed E-state index contributed by atoms with van der Waals surface area (Å²) in [6.45, 7) is 18.3. The van der Waals surface area contributed by atoms with Crippen LogP contribution in [-0.2, 0) is 95.9 Å². The molecule has 2 aliphatic heterocycles. The van der Waals surface area contributed by atoms with Crippen molar-refractivity contribution in [2.24, 2.45) is 11.8 Å². The van der Waals surface area contributed by atoms with E-state index in [9.17, 15) is 95.9 Å². The normalized spacial score (nSPS) is 15.3. The number of aliphatic hydroxyl groups is 1. The van der Waals surface area contributed by atoms with Gasteiger partial charge in [0.05, 0.1) is 52.4 Å². The monoisotopic (exact) mass is 1460 g/mol. The fourth-order valence-corrected chi connectivity index (χ4v) is 9.42. The van der Waals surface area contributed by atoms with Crippen molar-refractivity contribution in [3.63, 3.8) is 0 Å². The SMILES string of the molecule is CC(=O)NC(C)(C)C(=O)N1CCC[C@H]1C(=O)NC(C)(C)C(=O)N[C@@H](C)C(=O)NC(C)(C)C(=O)N[C@@H](C)C(=O)N[CH]C(=O)NCC(=O)N[C@H](C(=O)NCC(=O)NCC(=O)N[CH]C(=O)NCC(=O)N1CCC[C@H]1C(=O)N[C@H](C(=O)NCC(=O)NCC(=O)N[CH]C(=O)N[CH]C(=O)N[CH]CO)C(C)C)C(C)C. The van der Waals surface area contributed by atoms with Gasteiger partial charge in [0.15, 0.2) is 0 Å². The number of carbonyl (C=O) groups is 20. The zero-order valence-electron chi connectivity index (χ0n) is 59.7. The highest BCUT2D eigenvalue weighted by Gasteiger charge is 2.44. The van der Waals surface area contributed by atoms with Gasteiger partial charge in [0, 0.05) is 20.0 Å². The molecule has 5 radical (unpaired) electrons. The average Bonchev–Trinajstić information content (AvgIpc) is 1.73. The third kappa shape index (κ3) is 31.4. The van der Waals surface area contributed by atoms with E-state index < -0.39 is 229 Å². The molecule has 0 bridgehead atoms. The van der Waals surface area contributed by atoms with E-state index in [0.717, 1.165) is 13.1 Å². The number of likely N-dealkylation sites (tertiary alicyclic amines) is 2. The van der Waals surface area contributed by atoms with E-state index in [-0.39, 0.29) is 19.5 Å². The number of aliphatic hydroxyl groups excluding tert-OH is 1. The summed E-state index contributed by atoms with van der Waals surface area (Å²) in [4.78, 5) is 257. The maximum Gasteiger partial charge on any atom is 0.248 e. The summed E-state index contributed by atoms with van der Waals surface area (Å²) in [5.41, 5.74) is -4.60. The van der Waals surface area contributed by atoms with Crippen molar-refractivity contribution in [1.82, 2.24) is 106 Å². The fraction of sp³-hybridized carbons (Fsp3) is 0.597. The van der Waals surface area contributed by atoms with Gasteiger partial charge in [-0.25, -0.2) is 0 Å². The highest BCUT2D eigenvalue weighted by Crippen LogP contribution is 2.23. The van der Waals surface area contributed by atoms with Gasteiger partial charge in [-0.2, -0.15) is 0 Å². The van der Waals surface area contributed by atoms with E-state index >= 15 is 0 Å². The Kier molecular flexibility index (Phi) is 36.0. The summed E-state index contributed by atoms with van der Waals surface area (Å²) in [7, 11) is 0. The van der Waals surface area contributed by atoms with Gasteiger partial charge in [-0.05, 0) is 92.9 Å². The molecule has 0 aromatic heterocycles. The highest BCUT2D eigenvalue weighted by atomic mass is 16.3. The Morgan fingerprint density at radius 2 is 0.825 bits per heavy atom. The Balaban J connectivity index is 1.73. The molecular formula is C62H97N20O21. The van der Waals surface area contributed by atoms with Crippen molar-refractivity contribution < 1.29 is 101 Å². The number of amides is 20. The van der Waals surface area contributed by atoms with Crippen molar-refractivity contribution >= 4 is 118 Å². The first-order chi connectivity index (χ1) is 47.9. The minimum Gasteiger partial charge on any atom is -0.394 e. The highest BCUT2D eigenvalue weighted by molar-refractivity contribution is 6.02. The van der Waals surface area contributed by atoms with Crippen LogP contribution in [0.4, 0.5) is 0 Å². The topological polar surface area (TPSA) is 585 Å². The van der Waals surface area contributed by atoms with Crippen molar-refractivity contribution in [1.29, 1.82) is 0 Å². The van der Waals surface area contributed by atoms with Gasteiger partial charge in [-0.1, -0.05) is 27.7 Å². The molecule has 2 aliphatic rings. The van der Waals surface area contributed by atoms with Crippen LogP contribution in [0.25, 0.3) is 0 Å². The van der Waals surface area contributed by atoms with Gasteiger partial charge in [0.1, 0.15) is 79.0 Å². The summed E-state index contributed by atoms with van der Waals surface area (Å²) in [6, 6.07) is -7.00. The number of nitrogens with zero attached hydrogens (tertiary/aromatic N) is 2. The molecule has 2 heterocycles. The molecule has 2 fully saturated rings. The third-order valence-electron chi connectivity index (χ3n) is 15.0. The van der Waals surface area contributed by atoms with Crippen molar-refractivity contribution in [2.45, 2.75) is 169 Å². The van der Waals surface area contributed by atoms with E-state index in [1.807, 2.05) is 5.32 Å². The molecule has 0 spiro atoms. The fourth-order valence-electron chi connectivity index (χ4n) is 9.42. The van der Waals surface area contributed by atoms with E-state index in [1.165, 1.54) is 72.1 Å². The number of nitrogens with one attached hydrogen (secondary N) is 18. The Morgan fingerprint density at radius 1 is 0.408 bits per heavy atom. The second-order valence-corrected chi connectivity index (χ2v) is 25.9. The smallest absolute Gasteiger partial charge is 0.248 e. The van der Waals surface area contributed by atoms with E-state index in [4.69, 9.17) is 5.11 Å². The van der Waals surface area contributed by atoms with Gasteiger partial charge in [-0.3, -0.25) is 95.9 Å². The minimum atomic E-state index is -1.69. The predicted octanol–water partition coefficient (Wildman–Crippen LogP) is -9.96. The van der Waals surface area contributed by atoms with E-state index in [2.05, 4.69) is 90.4 Å². The number of hydrogen-bond acceptors (Lipinski definition) is 21. The first-order valence-electron chi connectivity index (χ1n) is 32.6. The molecule has 2 saturated heterocycles. The number of hydrogen-bond donors (Lipinski definition) is 19. The molecule has 0 aliphatic carbocycles. The first kappa shape index (κ1) is 88.4. The summed E-state index contributed by atoms with van der Waals surface area (Å²) in [6.07, 6.45) is 1.37. The summed E-state index contributed by atoms with van der Waals surface area (Å²) >= 11 is 0. The first-order valence-corrected chi connectivity index (χ1v) is 32.6. The third-order valence-corrected chi connectivity index (χ3v) is 15.0. The molecule has 0 saturated carbocycles. The average molecular weight is 1460 g/mol. The summed E-state index contributed by atoms with van der Waals surface area (Å²) in [5, 5.41) is 50.3. The van der Waals surface area contributed by atoms with Gasteiger partial charge < -0.3 is 111 Å². The molecule has 20 amide bonds. The second kappa shape index (κ2) is 41.9. The molecule has 41 heteroatoms. The van der Waals surface area contributed by atoms with Gasteiger partial charge in [0.2, 0.25) is 118 Å². The summed E-state index contributed by atoms with van der Waals surface area (Å²) in [5.74, 6) is -16.9. The molecule has 103 heavy (non-hydrogen) atoms. The lowest BCUT2D eigenvalue weighted by atomic mass is 10.0. The molecule has 0 aromatic carbocycles. The maximum atomic E-state index is 13.4. The Hall–Kier alpha value is -10.6. The van der Waals surface area contributed by atoms with Crippen LogP contribution in [0.3, 0.4) is 0 Å². The maximum absolute atomic E-state index is 13.4. The van der Waals surface area contributed by atoms with Crippen LogP contribution in [0.1, 0.15) is 116 Å². The molecular weight excluding hydrogens is 1360 g/mol. The second-order valence-electron chi connectivity index (χ2n) is 25.9. The lowest BCUT2D eigenvalue weighted by Crippen LogP contribution is -2.64. The zero-order chi connectivity index (χ0) is 78.3. The zero-order valence-corrected chi connectivity index (χ0v) is 59.7. The Bertz CT molecular complexity index is 3180. The Labute approximate surface area is 594 Å². The van der Waals surface area contributed by atoms with Crippen LogP contribution < -0.4 is 95.7 Å². The van der Waals surface area contributed by atoms with Gasteiger partial charge in [-0.15, -0.1) is 0 Å². The number of carbonyl (C=O) groups excluding carboxylic acids is 20. The number of rotatable bonds is 40. The van der Waals surface area contributed by atoms with Crippen LogP contribution in [0.15, 0.2) is 0 Å². The van der Waals surface area contributed by atoms with Crippen LogP contribution in [-0.4, -0.2) is 245 Å². The van der Waals surface area contributed by atoms with Crippen LogP contribution in [0.5, 0.6) is 0 Å². The standard InChI is InChI=1S/C62H97N20O21/c1-32(2)49(76-47(93)30-69-44(90)27-71-51(95)34(5)74-57(101)60(8,9)79-52(96)35(6)75-58(102)61(10,11)80-54(98)38-17-15-20-82(38)59(103)62(12,13)78-36(7)84)55(99)72-28-45(91)67-25-42(88)66-26-43(89)70-31-48(94)81-19-14-16-37(81)53(97)77-50(33(3)4)56(100)73-29-46(92)68-24-41(87)65-23-40(86)64-22-39(85)63-18-21-83/h18,22-23,26-27,32-35,37-38,49-50,83H,14-17,19-21,24-25,28-31H2,1-13H3,(H,63,85)(H,64,86)(H,65,87)(H,66,88)(H,67,91)(H,68,92)(H,69,90)(H,70,89)(H,71,95)(H,72,99)(H,73,100)(H,74,101)(H,75,102)(H,76,93)(H,77,97)(H,78,84)(H,79,96)(H,80,98)/t34-,35-,37-,38-,49-,50-/m0/s1. The lowest BCUT2D eigenvalue weighted by molar-refractivity contribution is -0.145. The van der Waals surface area contributed by atoms with E-state index in [1.54, 1.807) is 27.7 Å². The summed E-state index contributed by atoms with van der Waals surface area (Å²) < 4.78 is 0. The molecule has 0 unspecified atom stereocenters. The van der Waals surface area contributed by atoms with Crippen molar-refractivity contribution in [3.05, 3.63) is 32.7 Å². The quantitative estimate of drug-likeness (QED) is 0.0271. The van der Waals surface area contributed by atoms with Crippen LogP contribution in [0, 0.1) is 44.6 Å². The largest absolute Gasteiger partial charge is 0.394 e. The molecule has 41 nitrogen and oxygen atoms in total. The van der Waals surface area contributed by atoms with Crippen molar-refractivity contribution in [2.75, 3.05) is 59.0 Å². The lowest BCUT2D eigenvalue weighted by Gasteiger charge is -2.35. The van der Waals surface area contributed by atoms with Gasteiger partial charge in [0.25, 0.3) is 0 Å². The molecule has 19 N–H and O–H groups in total. The van der Waals surface area contributed by atoms with Crippen molar-refractivity contribution in [3.8, 4) is 0 Å². The van der Waals surface area contributed by atoms with E-state index in [0.29, 0.717) is 38.9 Å². The molecule has 0 aromatic rings. The molecule has 6 atom stereocenters. The molecule has 2 rings (SSSR count). The molecule has 571 valence electrons. The predicted molar refractivity (Wildman–Crippen MR) is 358 cm³/mol.